The molecule has 0 bridgehead atoms. The lowest BCUT2D eigenvalue weighted by atomic mass is 10.0. The highest BCUT2D eigenvalue weighted by atomic mass is 32.1. The molecule has 0 heterocycles. The molecule has 0 aliphatic rings. The maximum absolute atomic E-state index is 13.2. The number of amides is 3. The monoisotopic (exact) mass is 481 g/mol. The van der Waals surface area contributed by atoms with Crippen LogP contribution in [0, 0.1) is 6.92 Å². The normalized spacial score (nSPS) is 12.8. The van der Waals surface area contributed by atoms with Crippen LogP contribution in [0.4, 0.5) is 4.79 Å². The molecule has 1 aromatic rings. The summed E-state index contributed by atoms with van der Waals surface area (Å²) >= 11 is 4.19. The number of aryl methyl sites for hydroxylation is 1. The molecule has 0 saturated carbocycles. The molecule has 184 valence electrons. The van der Waals surface area contributed by atoms with E-state index in [9.17, 15) is 19.2 Å². The second-order valence-corrected chi connectivity index (χ2v) is 8.85. The molecular weight excluding hydrogens is 446 g/mol. The Bertz CT molecular complexity index is 822. The third-order valence-corrected chi connectivity index (χ3v) is 4.85. The number of alkyl carbamates (subject to hydrolysis) is 1. The van der Waals surface area contributed by atoms with Gasteiger partial charge in [-0.1, -0.05) is 29.8 Å². The van der Waals surface area contributed by atoms with Gasteiger partial charge in [0.15, 0.2) is 0 Å². The van der Waals surface area contributed by atoms with Gasteiger partial charge in [0.2, 0.25) is 11.8 Å². The minimum absolute atomic E-state index is 0.00745. The van der Waals surface area contributed by atoms with Crippen molar-refractivity contribution in [2.75, 3.05) is 26.0 Å². The molecule has 0 aliphatic carbocycles. The Balaban J connectivity index is 3.04. The Hall–Kier alpha value is -2.75. The third-order valence-electron chi connectivity index (χ3n) is 4.48. The summed E-state index contributed by atoms with van der Waals surface area (Å²) in [7, 11) is 1.48. The molecule has 0 radical (unpaired) electrons. The molecule has 2 atom stereocenters. The molecule has 0 aliphatic heterocycles. The molecule has 2 N–H and O–H groups in total. The van der Waals surface area contributed by atoms with E-state index in [-0.39, 0.29) is 25.3 Å². The van der Waals surface area contributed by atoms with Gasteiger partial charge in [0, 0.05) is 19.3 Å². The number of esters is 1. The van der Waals surface area contributed by atoms with E-state index in [4.69, 9.17) is 9.47 Å². The predicted molar refractivity (Wildman–Crippen MR) is 128 cm³/mol. The molecule has 9 nitrogen and oxygen atoms in total. The summed E-state index contributed by atoms with van der Waals surface area (Å²) in [4.78, 5) is 51.2. The molecule has 3 amide bonds. The van der Waals surface area contributed by atoms with Crippen molar-refractivity contribution in [1.29, 1.82) is 0 Å². The number of ether oxygens (including phenoxy) is 2. The Morgan fingerprint density at radius 1 is 1.12 bits per heavy atom. The summed E-state index contributed by atoms with van der Waals surface area (Å²) in [5, 5.41) is 5.19. The Morgan fingerprint density at radius 3 is 2.24 bits per heavy atom. The molecule has 0 aromatic heterocycles. The number of nitrogens with one attached hydrogen (secondary N) is 2. The number of thiol groups is 1. The summed E-state index contributed by atoms with van der Waals surface area (Å²) in [6.07, 6.45) is -0.744. The number of hydrogen-bond donors (Lipinski definition) is 3. The second kappa shape index (κ2) is 13.1. The zero-order chi connectivity index (χ0) is 25.2. The summed E-state index contributed by atoms with van der Waals surface area (Å²) in [5.41, 5.74) is 0.845. The van der Waals surface area contributed by atoms with Gasteiger partial charge < -0.3 is 25.0 Å². The number of carbonyl (C=O) groups excluding carboxylic acids is 4. The van der Waals surface area contributed by atoms with E-state index in [1.165, 1.54) is 11.9 Å². The molecular formula is C23H35N3O6S. The van der Waals surface area contributed by atoms with Crippen molar-refractivity contribution in [2.24, 2.45) is 0 Å². The molecule has 0 spiro atoms. The van der Waals surface area contributed by atoms with Crippen LogP contribution in [-0.4, -0.2) is 66.4 Å². The number of benzene rings is 1. The van der Waals surface area contributed by atoms with Crippen molar-refractivity contribution in [3.05, 3.63) is 35.4 Å². The van der Waals surface area contributed by atoms with Gasteiger partial charge in [-0.15, -0.1) is 0 Å². The van der Waals surface area contributed by atoms with Crippen LogP contribution in [-0.2, 0) is 23.9 Å². The van der Waals surface area contributed by atoms with E-state index < -0.39 is 41.6 Å². The summed E-state index contributed by atoms with van der Waals surface area (Å²) in [6.45, 7) is 9.07. The molecule has 10 heteroatoms. The summed E-state index contributed by atoms with van der Waals surface area (Å²) in [5.74, 6) is -1.39. The molecule has 0 saturated heterocycles. The lowest BCUT2D eigenvalue weighted by molar-refractivity contribution is -0.143. The van der Waals surface area contributed by atoms with E-state index >= 15 is 0 Å². The van der Waals surface area contributed by atoms with E-state index in [1.54, 1.807) is 39.8 Å². The van der Waals surface area contributed by atoms with Crippen LogP contribution in [0.25, 0.3) is 0 Å². The first-order chi connectivity index (χ1) is 15.4. The minimum Gasteiger partial charge on any atom is -0.466 e. The van der Waals surface area contributed by atoms with Gasteiger partial charge in [-0.25, -0.2) is 4.79 Å². The number of nitrogens with zero attached hydrogens (tertiary/aromatic N) is 1. The maximum atomic E-state index is 13.2. The van der Waals surface area contributed by atoms with E-state index in [0.29, 0.717) is 5.56 Å². The topological polar surface area (TPSA) is 114 Å². The van der Waals surface area contributed by atoms with Crippen molar-refractivity contribution >= 4 is 36.5 Å². The Labute approximate surface area is 201 Å². The zero-order valence-corrected chi connectivity index (χ0v) is 21.0. The molecule has 0 fully saturated rings. The Morgan fingerprint density at radius 2 is 1.73 bits per heavy atom. The molecule has 2 unspecified atom stereocenters. The number of likely N-dealkylation sites (N-methyl/N-ethyl adjacent to an activating group) is 1. The smallest absolute Gasteiger partial charge is 0.408 e. The van der Waals surface area contributed by atoms with Crippen LogP contribution in [0.1, 0.15) is 51.3 Å². The van der Waals surface area contributed by atoms with Crippen molar-refractivity contribution in [1.82, 2.24) is 15.5 Å². The van der Waals surface area contributed by atoms with E-state index in [1.807, 2.05) is 19.1 Å². The summed E-state index contributed by atoms with van der Waals surface area (Å²) < 4.78 is 10.1. The van der Waals surface area contributed by atoms with Crippen molar-refractivity contribution in [2.45, 2.75) is 58.7 Å². The van der Waals surface area contributed by atoms with Gasteiger partial charge >= 0.3 is 12.1 Å². The first-order valence-electron chi connectivity index (χ1n) is 10.8. The van der Waals surface area contributed by atoms with Crippen LogP contribution < -0.4 is 10.6 Å². The fourth-order valence-corrected chi connectivity index (χ4v) is 3.17. The molecule has 1 aromatic carbocycles. The van der Waals surface area contributed by atoms with E-state index in [2.05, 4.69) is 23.3 Å². The average molecular weight is 482 g/mol. The zero-order valence-electron chi connectivity index (χ0n) is 20.1. The lowest BCUT2D eigenvalue weighted by Gasteiger charge is -2.31. The SMILES string of the molecule is CCOC(=O)CCNC(=O)C(c1ccc(C)cc1)N(C)C(=O)C(CS)NC(=O)OC(C)(C)C. The molecule has 1 rings (SSSR count). The highest BCUT2D eigenvalue weighted by Gasteiger charge is 2.33. The fourth-order valence-electron chi connectivity index (χ4n) is 2.93. The highest BCUT2D eigenvalue weighted by molar-refractivity contribution is 7.80. The summed E-state index contributed by atoms with van der Waals surface area (Å²) in [6, 6.07) is 5.19. The highest BCUT2D eigenvalue weighted by Crippen LogP contribution is 2.22. The van der Waals surface area contributed by atoms with Crippen LogP contribution in [0.15, 0.2) is 24.3 Å². The van der Waals surface area contributed by atoms with Crippen LogP contribution in [0.3, 0.4) is 0 Å². The van der Waals surface area contributed by atoms with Gasteiger partial charge in [-0.05, 0) is 40.2 Å². The average Bonchev–Trinajstić information content (AvgIpc) is 2.72. The standard InChI is InChI=1S/C23H35N3O6S/c1-7-31-18(27)12-13-24-20(28)19(16-10-8-15(2)9-11-16)26(6)21(29)17(14-33)25-22(30)32-23(3,4)5/h8-11,17,19,33H,7,12-14H2,1-6H3,(H,24,28)(H,25,30). The van der Waals surface area contributed by atoms with Crippen LogP contribution >= 0.6 is 12.6 Å². The van der Waals surface area contributed by atoms with Crippen molar-refractivity contribution < 1.29 is 28.7 Å². The van der Waals surface area contributed by atoms with Gasteiger partial charge in [-0.2, -0.15) is 12.6 Å². The lowest BCUT2D eigenvalue weighted by Crippen LogP contribution is -2.52. The third kappa shape index (κ3) is 9.73. The van der Waals surface area contributed by atoms with E-state index in [0.717, 1.165) is 5.56 Å². The van der Waals surface area contributed by atoms with Gasteiger partial charge in [0.05, 0.1) is 13.0 Å². The van der Waals surface area contributed by atoms with Gasteiger partial charge in [0.25, 0.3) is 0 Å². The Kier molecular flexibility index (Phi) is 11.2. The number of hydrogen-bond acceptors (Lipinski definition) is 7. The first kappa shape index (κ1) is 28.3. The second-order valence-electron chi connectivity index (χ2n) is 8.49. The largest absolute Gasteiger partial charge is 0.466 e. The van der Waals surface area contributed by atoms with Crippen molar-refractivity contribution in [3.63, 3.8) is 0 Å². The maximum Gasteiger partial charge on any atom is 0.408 e. The number of rotatable bonds is 10. The van der Waals surface area contributed by atoms with Gasteiger partial charge in [0.1, 0.15) is 17.7 Å². The van der Waals surface area contributed by atoms with Crippen molar-refractivity contribution in [3.8, 4) is 0 Å². The number of carbonyl (C=O) groups is 4. The predicted octanol–water partition coefficient (Wildman–Crippen LogP) is 2.39. The molecule has 33 heavy (non-hydrogen) atoms. The van der Waals surface area contributed by atoms with Crippen LogP contribution in [0.5, 0.6) is 0 Å². The first-order valence-corrected chi connectivity index (χ1v) is 11.4. The van der Waals surface area contributed by atoms with Gasteiger partial charge in [-0.3, -0.25) is 14.4 Å². The quantitative estimate of drug-likeness (QED) is 0.349. The minimum atomic E-state index is -1.01. The fraction of sp³-hybridized carbons (Fsp3) is 0.565. The van der Waals surface area contributed by atoms with Crippen LogP contribution in [0.2, 0.25) is 0 Å².